The molecule has 0 saturated carbocycles. The van der Waals surface area contributed by atoms with E-state index >= 15 is 0 Å². The minimum Gasteiger partial charge on any atom is -0.496 e. The maximum Gasteiger partial charge on any atom is 0.303 e. The van der Waals surface area contributed by atoms with Gasteiger partial charge in [0, 0.05) is 23.6 Å². The van der Waals surface area contributed by atoms with Crippen molar-refractivity contribution in [2.24, 2.45) is 5.73 Å². The molecule has 0 aliphatic rings. The number of benzene rings is 1. The number of ether oxygens (including phenoxy) is 1. The van der Waals surface area contributed by atoms with Gasteiger partial charge in [0.05, 0.1) is 7.11 Å². The maximum atomic E-state index is 14.2. The summed E-state index contributed by atoms with van der Waals surface area (Å²) in [6.07, 6.45) is 0.246. The maximum absolute atomic E-state index is 14.2. The molecule has 20 heavy (non-hydrogen) atoms. The second-order valence-electron chi connectivity index (χ2n) is 5.39. The fourth-order valence-corrected chi connectivity index (χ4v) is 2.27. The summed E-state index contributed by atoms with van der Waals surface area (Å²) in [6, 6.07) is 2.97. The molecule has 112 valence electrons. The summed E-state index contributed by atoms with van der Waals surface area (Å²) in [6.45, 7) is 4.76. The smallest absolute Gasteiger partial charge is 0.303 e. The fourth-order valence-electron chi connectivity index (χ4n) is 2.27. The van der Waals surface area contributed by atoms with E-state index in [0.29, 0.717) is 16.9 Å². The molecule has 0 aliphatic carbocycles. The van der Waals surface area contributed by atoms with E-state index in [1.54, 1.807) is 12.1 Å². The van der Waals surface area contributed by atoms with E-state index in [0.717, 1.165) is 5.56 Å². The van der Waals surface area contributed by atoms with E-state index in [1.165, 1.54) is 21.0 Å². The summed E-state index contributed by atoms with van der Waals surface area (Å²) in [4.78, 5) is 10.7. The number of carboxylic acids is 1. The number of carboxylic acid groups (broad SMARTS) is 1. The molecule has 0 saturated heterocycles. The fraction of sp³-hybridized carbons (Fsp3) is 0.533. The van der Waals surface area contributed by atoms with Crippen molar-refractivity contribution in [3.63, 3.8) is 0 Å². The minimum absolute atomic E-state index is 0.0347. The Morgan fingerprint density at radius 1 is 1.50 bits per heavy atom. The highest BCUT2D eigenvalue weighted by Gasteiger charge is 2.27. The van der Waals surface area contributed by atoms with Crippen LogP contribution in [0.4, 0.5) is 4.39 Å². The molecule has 1 aromatic rings. The van der Waals surface area contributed by atoms with Crippen molar-refractivity contribution in [2.75, 3.05) is 7.11 Å². The standard InChI is InChI=1S/C15H22FNO3/c1-9-5-6-10(15(2,3)16)14(20-4)13(9)11(17)7-8-12(18)19/h5-6,11H,7-8,17H2,1-4H3,(H,18,19). The summed E-state index contributed by atoms with van der Waals surface area (Å²) in [5, 5.41) is 8.74. The van der Waals surface area contributed by atoms with Crippen molar-refractivity contribution in [3.8, 4) is 5.75 Å². The average molecular weight is 283 g/mol. The summed E-state index contributed by atoms with van der Waals surface area (Å²) >= 11 is 0. The van der Waals surface area contributed by atoms with E-state index in [9.17, 15) is 9.18 Å². The molecule has 1 atom stereocenters. The Bertz CT molecular complexity index is 495. The SMILES string of the molecule is COc1c(C(C)(C)F)ccc(C)c1C(N)CCC(=O)O. The first-order valence-corrected chi connectivity index (χ1v) is 6.52. The first-order chi connectivity index (χ1) is 9.18. The van der Waals surface area contributed by atoms with Crippen LogP contribution < -0.4 is 10.5 Å². The van der Waals surface area contributed by atoms with Crippen LogP contribution >= 0.6 is 0 Å². The number of halogens is 1. The molecular formula is C15H22FNO3. The number of aliphatic carboxylic acids is 1. The number of hydrogen-bond acceptors (Lipinski definition) is 3. The van der Waals surface area contributed by atoms with Crippen molar-refractivity contribution in [3.05, 3.63) is 28.8 Å². The zero-order valence-corrected chi connectivity index (χ0v) is 12.4. The number of carbonyl (C=O) groups is 1. The van der Waals surface area contributed by atoms with Crippen molar-refractivity contribution in [2.45, 2.75) is 45.3 Å². The van der Waals surface area contributed by atoms with Crippen LogP contribution in [0.5, 0.6) is 5.75 Å². The first kappa shape index (κ1) is 16.4. The quantitative estimate of drug-likeness (QED) is 0.841. The van der Waals surface area contributed by atoms with E-state index in [4.69, 9.17) is 15.6 Å². The van der Waals surface area contributed by atoms with Gasteiger partial charge in [-0.2, -0.15) is 0 Å². The van der Waals surface area contributed by atoms with Gasteiger partial charge in [0.15, 0.2) is 0 Å². The third-order valence-corrected chi connectivity index (χ3v) is 3.30. The van der Waals surface area contributed by atoms with Gasteiger partial charge in [-0.05, 0) is 32.8 Å². The third kappa shape index (κ3) is 3.70. The number of nitrogens with two attached hydrogens (primary N) is 1. The molecule has 3 N–H and O–H groups in total. The highest BCUT2D eigenvalue weighted by atomic mass is 19.1. The molecule has 0 aliphatic heterocycles. The molecule has 1 rings (SSSR count). The molecule has 0 spiro atoms. The van der Waals surface area contributed by atoms with Gasteiger partial charge in [-0.25, -0.2) is 4.39 Å². The number of hydrogen-bond donors (Lipinski definition) is 2. The van der Waals surface area contributed by atoms with Crippen LogP contribution in [-0.2, 0) is 10.5 Å². The monoisotopic (exact) mass is 283 g/mol. The lowest BCUT2D eigenvalue weighted by atomic mass is 9.89. The van der Waals surface area contributed by atoms with Gasteiger partial charge < -0.3 is 15.6 Å². The lowest BCUT2D eigenvalue weighted by Crippen LogP contribution is -2.18. The lowest BCUT2D eigenvalue weighted by molar-refractivity contribution is -0.137. The van der Waals surface area contributed by atoms with Crippen LogP contribution in [0.15, 0.2) is 12.1 Å². The van der Waals surface area contributed by atoms with Crippen LogP contribution in [0.25, 0.3) is 0 Å². The Balaban J connectivity index is 3.26. The Kier molecular flexibility index (Phi) is 5.11. The summed E-state index contributed by atoms with van der Waals surface area (Å²) in [7, 11) is 1.47. The molecule has 5 heteroatoms. The first-order valence-electron chi connectivity index (χ1n) is 6.52. The number of alkyl halides is 1. The minimum atomic E-state index is -1.56. The summed E-state index contributed by atoms with van der Waals surface area (Å²) in [5.74, 6) is -0.491. The van der Waals surface area contributed by atoms with Gasteiger partial charge in [0.2, 0.25) is 0 Å². The number of aryl methyl sites for hydroxylation is 1. The Labute approximate surface area is 118 Å². The van der Waals surface area contributed by atoms with Gasteiger partial charge in [-0.1, -0.05) is 12.1 Å². The molecule has 0 bridgehead atoms. The predicted octanol–water partition coefficient (Wildman–Crippen LogP) is 3.07. The molecule has 0 fully saturated rings. The number of methoxy groups -OCH3 is 1. The number of rotatable bonds is 6. The van der Waals surface area contributed by atoms with Gasteiger partial charge in [0.25, 0.3) is 0 Å². The molecule has 4 nitrogen and oxygen atoms in total. The molecule has 1 aromatic carbocycles. The molecule has 1 unspecified atom stereocenters. The average Bonchev–Trinajstić information content (AvgIpc) is 2.33. The van der Waals surface area contributed by atoms with Crippen molar-refractivity contribution in [1.82, 2.24) is 0 Å². The van der Waals surface area contributed by atoms with Crippen LogP contribution in [0.2, 0.25) is 0 Å². The van der Waals surface area contributed by atoms with Gasteiger partial charge in [-0.15, -0.1) is 0 Å². The molecule has 0 radical (unpaired) electrons. The van der Waals surface area contributed by atoms with Crippen LogP contribution in [0.1, 0.15) is 49.4 Å². The largest absolute Gasteiger partial charge is 0.496 e. The molecule has 0 aromatic heterocycles. The zero-order valence-electron chi connectivity index (χ0n) is 12.4. The Hall–Kier alpha value is -1.62. The normalized spacial score (nSPS) is 13.1. The lowest BCUT2D eigenvalue weighted by Gasteiger charge is -2.24. The summed E-state index contributed by atoms with van der Waals surface area (Å²) < 4.78 is 19.6. The highest BCUT2D eigenvalue weighted by Crippen LogP contribution is 2.39. The predicted molar refractivity (Wildman–Crippen MR) is 75.7 cm³/mol. The van der Waals surface area contributed by atoms with Gasteiger partial charge >= 0.3 is 5.97 Å². The van der Waals surface area contributed by atoms with Crippen LogP contribution in [0, 0.1) is 6.92 Å². The van der Waals surface area contributed by atoms with Gasteiger partial charge in [-0.3, -0.25) is 4.79 Å². The van der Waals surface area contributed by atoms with E-state index in [2.05, 4.69) is 0 Å². The van der Waals surface area contributed by atoms with E-state index in [1.807, 2.05) is 6.92 Å². The Morgan fingerprint density at radius 3 is 2.55 bits per heavy atom. The Morgan fingerprint density at radius 2 is 2.10 bits per heavy atom. The highest BCUT2D eigenvalue weighted by molar-refractivity contribution is 5.66. The van der Waals surface area contributed by atoms with E-state index in [-0.39, 0.29) is 12.8 Å². The second-order valence-corrected chi connectivity index (χ2v) is 5.39. The van der Waals surface area contributed by atoms with Gasteiger partial charge in [0.1, 0.15) is 11.4 Å². The topological polar surface area (TPSA) is 72.5 Å². The second kappa shape index (κ2) is 6.22. The molecule has 0 heterocycles. The molecular weight excluding hydrogens is 261 g/mol. The van der Waals surface area contributed by atoms with Crippen LogP contribution in [-0.4, -0.2) is 18.2 Å². The molecule has 0 amide bonds. The van der Waals surface area contributed by atoms with Crippen LogP contribution in [0.3, 0.4) is 0 Å². The summed E-state index contributed by atoms with van der Waals surface area (Å²) in [5.41, 5.74) is 6.48. The van der Waals surface area contributed by atoms with Crippen molar-refractivity contribution < 1.29 is 19.0 Å². The zero-order chi connectivity index (χ0) is 15.5. The third-order valence-electron chi connectivity index (χ3n) is 3.30. The van der Waals surface area contributed by atoms with Crippen molar-refractivity contribution in [1.29, 1.82) is 0 Å². The van der Waals surface area contributed by atoms with Crippen molar-refractivity contribution >= 4 is 5.97 Å². The van der Waals surface area contributed by atoms with E-state index < -0.39 is 17.7 Å².